The molecule has 1 heterocycles. The fraction of sp³-hybridized carbons (Fsp3) is 0.304. The minimum atomic E-state index is -0.238. The normalized spacial score (nSPS) is 11.2. The number of rotatable bonds is 9. The summed E-state index contributed by atoms with van der Waals surface area (Å²) in [6.45, 7) is 4.24. The van der Waals surface area contributed by atoms with Crippen LogP contribution in [0.3, 0.4) is 0 Å². The third-order valence-electron chi connectivity index (χ3n) is 4.68. The summed E-state index contributed by atoms with van der Waals surface area (Å²) in [5, 5.41) is 13.9. The van der Waals surface area contributed by atoms with Crippen molar-refractivity contribution < 1.29 is 9.47 Å². The maximum Gasteiger partial charge on any atom is 0.282 e. The molecule has 0 atom stereocenters. The SMILES string of the molecule is CCCCc1nc2ccc(Br)cc2c(=O)n1N=Cc1cc(OCC)c(OCC#N)c(Br)c1Br. The van der Waals surface area contributed by atoms with Crippen LogP contribution in [0.15, 0.2) is 47.6 Å². The molecule has 0 saturated carbocycles. The largest absolute Gasteiger partial charge is 0.490 e. The molecule has 3 aromatic rings. The fourth-order valence-corrected chi connectivity index (χ4v) is 4.43. The molecule has 0 aliphatic rings. The van der Waals surface area contributed by atoms with Crippen molar-refractivity contribution in [3.8, 4) is 17.6 Å². The molecule has 0 saturated heterocycles. The Morgan fingerprint density at radius 3 is 2.67 bits per heavy atom. The number of unbranched alkanes of at least 4 members (excludes halogenated alkanes) is 1. The van der Waals surface area contributed by atoms with Gasteiger partial charge in [-0.2, -0.15) is 15.0 Å². The van der Waals surface area contributed by atoms with E-state index in [2.05, 4.69) is 59.8 Å². The summed E-state index contributed by atoms with van der Waals surface area (Å²) < 4.78 is 14.6. The molecular weight excluding hydrogens is 620 g/mol. The average molecular weight is 641 g/mol. The van der Waals surface area contributed by atoms with Crippen LogP contribution >= 0.6 is 47.8 Å². The highest BCUT2D eigenvalue weighted by Crippen LogP contribution is 2.42. The number of hydrogen-bond acceptors (Lipinski definition) is 6. The van der Waals surface area contributed by atoms with Gasteiger partial charge >= 0.3 is 0 Å². The van der Waals surface area contributed by atoms with Crippen LogP contribution < -0.4 is 15.0 Å². The van der Waals surface area contributed by atoms with Crippen LogP contribution in [0.4, 0.5) is 0 Å². The molecule has 172 valence electrons. The minimum absolute atomic E-state index is 0.118. The van der Waals surface area contributed by atoms with Gasteiger partial charge in [0.1, 0.15) is 11.9 Å². The summed E-state index contributed by atoms with van der Waals surface area (Å²) in [6.07, 6.45) is 4.07. The number of ether oxygens (including phenoxy) is 2. The number of aryl methyl sites for hydroxylation is 1. The van der Waals surface area contributed by atoms with Crippen molar-refractivity contribution in [3.63, 3.8) is 0 Å². The highest BCUT2D eigenvalue weighted by Gasteiger charge is 2.17. The third-order valence-corrected chi connectivity index (χ3v) is 7.31. The summed E-state index contributed by atoms with van der Waals surface area (Å²) >= 11 is 10.5. The molecule has 0 fully saturated rings. The number of benzene rings is 2. The molecular formula is C23H21Br3N4O3. The topological polar surface area (TPSA) is 89.5 Å². The highest BCUT2D eigenvalue weighted by atomic mass is 79.9. The number of halogens is 3. The molecule has 0 radical (unpaired) electrons. The number of fused-ring (bicyclic) bond motifs is 1. The quantitative estimate of drug-likeness (QED) is 0.260. The lowest BCUT2D eigenvalue weighted by atomic mass is 10.2. The van der Waals surface area contributed by atoms with Crippen LogP contribution in [0.2, 0.25) is 0 Å². The zero-order valence-corrected chi connectivity index (χ0v) is 22.8. The average Bonchev–Trinajstić information content (AvgIpc) is 2.80. The first-order chi connectivity index (χ1) is 15.9. The van der Waals surface area contributed by atoms with E-state index in [9.17, 15) is 4.79 Å². The van der Waals surface area contributed by atoms with Crippen LogP contribution in [0.25, 0.3) is 10.9 Å². The van der Waals surface area contributed by atoms with Gasteiger partial charge in [-0.1, -0.05) is 29.3 Å². The van der Waals surface area contributed by atoms with Crippen molar-refractivity contribution in [3.05, 3.63) is 59.4 Å². The van der Waals surface area contributed by atoms with Crippen LogP contribution in [-0.2, 0) is 6.42 Å². The number of nitriles is 1. The zero-order chi connectivity index (χ0) is 24.0. The lowest BCUT2D eigenvalue weighted by Gasteiger charge is -2.15. The first kappa shape index (κ1) is 25.4. The summed E-state index contributed by atoms with van der Waals surface area (Å²) in [5.41, 5.74) is 1.07. The standard InChI is InChI=1S/C23H21Br3N4O3/c1-3-5-6-19-29-17-8-7-15(24)12-16(17)23(31)30(19)28-13-14-11-18(32-4-2)22(33-10-9-27)21(26)20(14)25/h7-8,11-13H,3-6,10H2,1-2H3. The molecule has 0 amide bonds. The smallest absolute Gasteiger partial charge is 0.282 e. The minimum Gasteiger partial charge on any atom is -0.490 e. The Balaban J connectivity index is 2.14. The molecule has 2 aromatic carbocycles. The summed E-state index contributed by atoms with van der Waals surface area (Å²) in [7, 11) is 0. The summed E-state index contributed by atoms with van der Waals surface area (Å²) in [5.74, 6) is 1.48. The number of nitrogens with zero attached hydrogens (tertiary/aromatic N) is 4. The predicted octanol–water partition coefficient (Wildman–Crippen LogP) is 6.21. The zero-order valence-electron chi connectivity index (χ0n) is 18.1. The van der Waals surface area contributed by atoms with E-state index in [1.165, 1.54) is 4.68 Å². The maximum atomic E-state index is 13.3. The molecule has 10 heteroatoms. The van der Waals surface area contributed by atoms with Crippen molar-refractivity contribution in [1.82, 2.24) is 9.66 Å². The van der Waals surface area contributed by atoms with E-state index in [-0.39, 0.29) is 12.2 Å². The Morgan fingerprint density at radius 1 is 1.18 bits per heavy atom. The maximum absolute atomic E-state index is 13.3. The summed E-state index contributed by atoms with van der Waals surface area (Å²) in [6, 6.07) is 9.14. The van der Waals surface area contributed by atoms with Gasteiger partial charge in [0.2, 0.25) is 0 Å². The van der Waals surface area contributed by atoms with E-state index in [1.54, 1.807) is 18.3 Å². The van der Waals surface area contributed by atoms with Gasteiger partial charge in [0.05, 0.1) is 28.2 Å². The van der Waals surface area contributed by atoms with Crippen molar-refractivity contribution in [2.75, 3.05) is 13.2 Å². The predicted molar refractivity (Wildman–Crippen MR) is 139 cm³/mol. The van der Waals surface area contributed by atoms with E-state index in [1.807, 2.05) is 25.1 Å². The Hall–Kier alpha value is -2.22. The van der Waals surface area contributed by atoms with Gasteiger partial charge in [-0.15, -0.1) is 0 Å². The van der Waals surface area contributed by atoms with E-state index < -0.39 is 0 Å². The van der Waals surface area contributed by atoms with E-state index in [0.717, 1.165) is 17.3 Å². The van der Waals surface area contributed by atoms with Crippen molar-refractivity contribution >= 4 is 64.9 Å². The lowest BCUT2D eigenvalue weighted by Crippen LogP contribution is -2.22. The molecule has 3 rings (SSSR count). The second-order valence-corrected chi connectivity index (χ2v) is 9.46. The lowest BCUT2D eigenvalue weighted by molar-refractivity contribution is 0.297. The molecule has 0 bridgehead atoms. The van der Waals surface area contributed by atoms with Gasteiger partial charge in [-0.05, 0) is 69.5 Å². The second-order valence-electron chi connectivity index (χ2n) is 6.96. The summed E-state index contributed by atoms with van der Waals surface area (Å²) in [4.78, 5) is 18.0. The van der Waals surface area contributed by atoms with Crippen LogP contribution in [0.5, 0.6) is 11.5 Å². The van der Waals surface area contributed by atoms with Gasteiger partial charge in [0.15, 0.2) is 18.1 Å². The Bertz CT molecular complexity index is 1300. The van der Waals surface area contributed by atoms with Gasteiger partial charge in [-0.3, -0.25) is 4.79 Å². The van der Waals surface area contributed by atoms with Crippen LogP contribution in [0, 0.1) is 11.3 Å². The van der Waals surface area contributed by atoms with E-state index >= 15 is 0 Å². The fourth-order valence-electron chi connectivity index (χ4n) is 3.13. The first-order valence-electron chi connectivity index (χ1n) is 10.3. The molecule has 0 aliphatic heterocycles. The molecule has 0 N–H and O–H groups in total. The van der Waals surface area contributed by atoms with Gasteiger partial charge in [0.25, 0.3) is 5.56 Å². The first-order valence-corrected chi connectivity index (χ1v) is 12.7. The highest BCUT2D eigenvalue weighted by molar-refractivity contribution is 9.13. The van der Waals surface area contributed by atoms with Gasteiger partial charge in [-0.25, -0.2) is 4.98 Å². The van der Waals surface area contributed by atoms with Crippen molar-refractivity contribution in [2.24, 2.45) is 5.10 Å². The van der Waals surface area contributed by atoms with Gasteiger partial charge in [0, 0.05) is 20.9 Å². The van der Waals surface area contributed by atoms with Crippen molar-refractivity contribution in [1.29, 1.82) is 5.26 Å². The Morgan fingerprint density at radius 2 is 1.97 bits per heavy atom. The Kier molecular flexibility index (Phi) is 9.06. The number of aromatic nitrogens is 2. The monoisotopic (exact) mass is 638 g/mol. The molecule has 0 unspecified atom stereocenters. The second kappa shape index (κ2) is 11.8. The third kappa shape index (κ3) is 5.83. The molecule has 0 aliphatic carbocycles. The molecule has 1 aromatic heterocycles. The van der Waals surface area contributed by atoms with E-state index in [4.69, 9.17) is 19.7 Å². The number of hydrogen-bond donors (Lipinski definition) is 0. The van der Waals surface area contributed by atoms with Gasteiger partial charge < -0.3 is 9.47 Å². The van der Waals surface area contributed by atoms with Crippen LogP contribution in [0.1, 0.15) is 38.1 Å². The molecule has 33 heavy (non-hydrogen) atoms. The van der Waals surface area contributed by atoms with E-state index in [0.29, 0.717) is 55.8 Å². The Labute approximate surface area is 216 Å². The molecule has 7 nitrogen and oxygen atoms in total. The van der Waals surface area contributed by atoms with Crippen LogP contribution in [-0.4, -0.2) is 29.1 Å². The van der Waals surface area contributed by atoms with Crippen molar-refractivity contribution in [2.45, 2.75) is 33.1 Å². The molecule has 0 spiro atoms.